The number of hydrogen-bond donors (Lipinski definition) is 2. The lowest BCUT2D eigenvalue weighted by atomic mass is 10.3. The molecule has 0 saturated carbocycles. The van der Waals surface area contributed by atoms with Crippen LogP contribution in [0.4, 0.5) is 5.69 Å². The van der Waals surface area contributed by atoms with Crippen molar-refractivity contribution in [2.24, 2.45) is 0 Å². The average molecular weight is 157 g/mol. The van der Waals surface area contributed by atoms with Crippen molar-refractivity contribution in [3.05, 3.63) is 24.3 Å². The Balaban J connectivity index is 2.69. The molecule has 0 amide bonds. The maximum Gasteiger partial charge on any atom is 0.0679 e. The SMILES string of the molecule is Nc1ccc(SOO)cc1. The van der Waals surface area contributed by atoms with Gasteiger partial charge in [-0.2, -0.15) is 4.33 Å². The highest BCUT2D eigenvalue weighted by Gasteiger charge is 1.91. The summed E-state index contributed by atoms with van der Waals surface area (Å²) in [5.74, 6) is 0. The van der Waals surface area contributed by atoms with E-state index in [2.05, 4.69) is 4.33 Å². The summed E-state index contributed by atoms with van der Waals surface area (Å²) in [5.41, 5.74) is 6.11. The summed E-state index contributed by atoms with van der Waals surface area (Å²) in [5, 5.41) is 8.02. The summed E-state index contributed by atoms with van der Waals surface area (Å²) in [4.78, 5) is 0.816. The fourth-order valence-corrected chi connectivity index (χ4v) is 0.900. The van der Waals surface area contributed by atoms with Crippen LogP contribution in [0.5, 0.6) is 0 Å². The molecule has 1 aromatic rings. The Kier molecular flexibility index (Phi) is 2.56. The van der Waals surface area contributed by atoms with Crippen LogP contribution >= 0.6 is 12.0 Å². The predicted molar refractivity (Wildman–Crippen MR) is 40.4 cm³/mol. The fraction of sp³-hybridized carbons (Fsp3) is 0. The fourth-order valence-electron chi connectivity index (χ4n) is 0.566. The van der Waals surface area contributed by atoms with Gasteiger partial charge in [-0.05, 0) is 24.3 Å². The summed E-state index contributed by atoms with van der Waals surface area (Å²) in [6.07, 6.45) is 0. The summed E-state index contributed by atoms with van der Waals surface area (Å²) >= 11 is 0.884. The summed E-state index contributed by atoms with van der Waals surface area (Å²) in [6, 6.07) is 7.00. The Hall–Kier alpha value is -0.710. The van der Waals surface area contributed by atoms with Gasteiger partial charge in [0.2, 0.25) is 0 Å². The molecule has 1 rings (SSSR count). The average Bonchev–Trinajstić information content (AvgIpc) is 1.95. The molecule has 1 aromatic carbocycles. The molecule has 0 aromatic heterocycles. The first-order valence-corrected chi connectivity index (χ1v) is 3.40. The van der Waals surface area contributed by atoms with Crippen molar-refractivity contribution in [1.82, 2.24) is 0 Å². The van der Waals surface area contributed by atoms with E-state index >= 15 is 0 Å². The number of rotatable bonds is 2. The van der Waals surface area contributed by atoms with Crippen LogP contribution in [0.1, 0.15) is 0 Å². The molecular weight excluding hydrogens is 150 g/mol. The summed E-state index contributed by atoms with van der Waals surface area (Å²) in [6.45, 7) is 0. The molecule has 0 heterocycles. The lowest BCUT2D eigenvalue weighted by molar-refractivity contribution is -0.116. The number of nitrogens with two attached hydrogens (primary N) is 1. The highest BCUT2D eigenvalue weighted by atomic mass is 32.2. The van der Waals surface area contributed by atoms with Gasteiger partial charge in [0.1, 0.15) is 0 Å². The van der Waals surface area contributed by atoms with Gasteiger partial charge in [0.25, 0.3) is 0 Å². The third-order valence-corrected chi connectivity index (χ3v) is 1.55. The molecule has 0 spiro atoms. The maximum absolute atomic E-state index is 8.02. The standard InChI is InChI=1S/C6H7NO2S/c7-5-1-3-6(4-2-5)10-9-8/h1-4,8H,7H2. The van der Waals surface area contributed by atoms with Crippen LogP contribution in [0.15, 0.2) is 29.2 Å². The van der Waals surface area contributed by atoms with E-state index in [-0.39, 0.29) is 0 Å². The quantitative estimate of drug-likeness (QED) is 0.297. The van der Waals surface area contributed by atoms with E-state index in [1.165, 1.54) is 0 Å². The Morgan fingerprint density at radius 1 is 1.30 bits per heavy atom. The van der Waals surface area contributed by atoms with Gasteiger partial charge in [0.05, 0.1) is 12.0 Å². The van der Waals surface area contributed by atoms with Crippen molar-refractivity contribution in [2.75, 3.05) is 5.73 Å². The molecule has 0 unspecified atom stereocenters. The minimum atomic E-state index is 0.697. The van der Waals surface area contributed by atoms with E-state index in [1.807, 2.05) is 0 Å². The first kappa shape index (κ1) is 7.40. The Labute approximate surface area is 62.9 Å². The first-order chi connectivity index (χ1) is 4.83. The zero-order chi connectivity index (χ0) is 7.40. The van der Waals surface area contributed by atoms with Crippen LogP contribution in [0.25, 0.3) is 0 Å². The van der Waals surface area contributed by atoms with Crippen LogP contribution in [0, 0.1) is 0 Å². The minimum absolute atomic E-state index is 0.697. The van der Waals surface area contributed by atoms with E-state index in [4.69, 9.17) is 11.0 Å². The molecule has 10 heavy (non-hydrogen) atoms. The Morgan fingerprint density at radius 3 is 2.40 bits per heavy atom. The lowest BCUT2D eigenvalue weighted by Crippen LogP contribution is -1.82. The number of hydrogen-bond acceptors (Lipinski definition) is 4. The maximum atomic E-state index is 8.02. The van der Waals surface area contributed by atoms with Gasteiger partial charge in [-0.1, -0.05) is 0 Å². The van der Waals surface area contributed by atoms with Crippen molar-refractivity contribution >= 4 is 17.7 Å². The smallest absolute Gasteiger partial charge is 0.0679 e. The van der Waals surface area contributed by atoms with Crippen molar-refractivity contribution in [1.29, 1.82) is 0 Å². The van der Waals surface area contributed by atoms with Gasteiger partial charge in [0.15, 0.2) is 0 Å². The molecule has 0 fully saturated rings. The minimum Gasteiger partial charge on any atom is -0.399 e. The first-order valence-electron chi connectivity index (χ1n) is 2.66. The lowest BCUT2D eigenvalue weighted by Gasteiger charge is -1.95. The molecule has 0 radical (unpaired) electrons. The van der Waals surface area contributed by atoms with Crippen LogP contribution in [-0.4, -0.2) is 5.26 Å². The topological polar surface area (TPSA) is 55.5 Å². The molecule has 0 saturated heterocycles. The molecule has 0 atom stereocenters. The van der Waals surface area contributed by atoms with E-state index in [0.29, 0.717) is 5.69 Å². The third-order valence-electron chi connectivity index (χ3n) is 1.01. The van der Waals surface area contributed by atoms with E-state index in [9.17, 15) is 0 Å². The molecule has 0 bridgehead atoms. The van der Waals surface area contributed by atoms with Gasteiger partial charge in [-0.15, -0.1) is 0 Å². The Morgan fingerprint density at radius 2 is 1.90 bits per heavy atom. The largest absolute Gasteiger partial charge is 0.399 e. The van der Waals surface area contributed by atoms with Crippen molar-refractivity contribution in [3.63, 3.8) is 0 Å². The second kappa shape index (κ2) is 3.46. The van der Waals surface area contributed by atoms with Crippen LogP contribution in [-0.2, 0) is 4.33 Å². The summed E-state index contributed by atoms with van der Waals surface area (Å²) < 4.78 is 3.84. The highest BCUT2D eigenvalue weighted by molar-refractivity contribution is 7.94. The van der Waals surface area contributed by atoms with Gasteiger partial charge in [-0.25, -0.2) is 5.26 Å². The molecular formula is C6H7NO2S. The van der Waals surface area contributed by atoms with Crippen LogP contribution in [0.3, 0.4) is 0 Å². The van der Waals surface area contributed by atoms with Crippen molar-refractivity contribution in [3.8, 4) is 0 Å². The second-order valence-electron chi connectivity index (χ2n) is 1.73. The highest BCUT2D eigenvalue weighted by Crippen LogP contribution is 2.18. The molecule has 0 aliphatic heterocycles. The molecule has 3 N–H and O–H groups in total. The third kappa shape index (κ3) is 1.91. The zero-order valence-electron chi connectivity index (χ0n) is 5.15. The van der Waals surface area contributed by atoms with Crippen LogP contribution in [0.2, 0.25) is 0 Å². The number of benzene rings is 1. The van der Waals surface area contributed by atoms with Crippen molar-refractivity contribution in [2.45, 2.75) is 4.90 Å². The molecule has 0 aliphatic rings. The van der Waals surface area contributed by atoms with Gasteiger partial charge in [-0.3, -0.25) is 0 Å². The monoisotopic (exact) mass is 157 g/mol. The zero-order valence-corrected chi connectivity index (χ0v) is 5.97. The second-order valence-corrected chi connectivity index (χ2v) is 2.51. The normalized spacial score (nSPS) is 9.70. The number of nitrogen functional groups attached to an aromatic ring is 1. The molecule has 4 heteroatoms. The molecule has 54 valence electrons. The van der Waals surface area contributed by atoms with E-state index in [0.717, 1.165) is 16.9 Å². The van der Waals surface area contributed by atoms with E-state index in [1.54, 1.807) is 24.3 Å². The van der Waals surface area contributed by atoms with Gasteiger partial charge in [0, 0.05) is 10.6 Å². The van der Waals surface area contributed by atoms with Gasteiger partial charge < -0.3 is 5.73 Å². The van der Waals surface area contributed by atoms with Crippen LogP contribution < -0.4 is 5.73 Å². The predicted octanol–water partition coefficient (Wildman–Crippen LogP) is 1.77. The Bertz CT molecular complexity index is 199. The molecule has 3 nitrogen and oxygen atoms in total. The van der Waals surface area contributed by atoms with Crippen molar-refractivity contribution < 1.29 is 9.59 Å². The van der Waals surface area contributed by atoms with Gasteiger partial charge >= 0.3 is 0 Å². The number of anilines is 1. The van der Waals surface area contributed by atoms with E-state index < -0.39 is 0 Å². The summed E-state index contributed by atoms with van der Waals surface area (Å²) in [7, 11) is 0. The molecule has 0 aliphatic carbocycles.